The van der Waals surface area contributed by atoms with Crippen LogP contribution in [-0.4, -0.2) is 31.6 Å². The number of amides is 3. The first-order chi connectivity index (χ1) is 23.4. The van der Waals surface area contributed by atoms with Gasteiger partial charge in [-0.05, 0) is 71.8 Å². The first-order valence-corrected chi connectivity index (χ1v) is 15.9. The molecule has 1 aliphatic rings. The molecule has 6 rings (SSSR count). The number of hydrogen-bond donors (Lipinski definition) is 3. The van der Waals surface area contributed by atoms with Crippen LogP contribution in [0.3, 0.4) is 0 Å². The number of carbonyl (C=O) groups is 3. The molecule has 3 N–H and O–H groups in total. The summed E-state index contributed by atoms with van der Waals surface area (Å²) in [5.41, 5.74) is 3.04. The summed E-state index contributed by atoms with van der Waals surface area (Å²) in [6.07, 6.45) is 1.60. The highest BCUT2D eigenvalue weighted by atomic mass is 32.2. The molecule has 3 amide bonds. The Balaban J connectivity index is 1.22. The van der Waals surface area contributed by atoms with Crippen molar-refractivity contribution in [2.75, 3.05) is 24.5 Å². The summed E-state index contributed by atoms with van der Waals surface area (Å²) in [7, 11) is 1.57. The van der Waals surface area contributed by atoms with Gasteiger partial charge < -0.3 is 30.2 Å². The van der Waals surface area contributed by atoms with E-state index in [0.717, 1.165) is 10.5 Å². The lowest BCUT2D eigenvalue weighted by Crippen LogP contribution is -2.30. The summed E-state index contributed by atoms with van der Waals surface area (Å²) in [5.74, 6) is 0.696. The number of fused-ring (bicyclic) bond motifs is 1. The van der Waals surface area contributed by atoms with Gasteiger partial charge in [-0.2, -0.15) is 0 Å². The lowest BCUT2D eigenvalue weighted by molar-refractivity contribution is -0.116. The van der Waals surface area contributed by atoms with Crippen LogP contribution in [0.25, 0.3) is 6.08 Å². The average Bonchev–Trinajstić information content (AvgIpc) is 3.59. The van der Waals surface area contributed by atoms with E-state index in [0.29, 0.717) is 39.8 Å². The minimum atomic E-state index is -0.613. The molecular weight excluding hydrogens is 626 g/mol. The minimum absolute atomic E-state index is 0.0531. The van der Waals surface area contributed by atoms with E-state index in [1.165, 1.54) is 11.8 Å². The molecule has 0 spiro atoms. The SMILES string of the molecule is COc1ccc(/C=C(/NC(=O)c2ccccc2)C(=O)Nc2cccc(SC(C(=O)Nc3ccc4c(c3)OCO4)c3ccccc3)c2)cc1. The Labute approximate surface area is 281 Å². The predicted octanol–water partition coefficient (Wildman–Crippen LogP) is 7.31. The van der Waals surface area contributed by atoms with Gasteiger partial charge in [0.15, 0.2) is 11.5 Å². The standard InChI is InChI=1S/C38H31N3O6S/c1-45-30-18-15-25(16-19-30)21-32(41-36(42)27-11-6-3-7-12-27)37(43)39-28-13-8-14-31(22-28)48-35(26-9-4-2-5-10-26)38(44)40-29-17-20-33-34(23-29)47-24-46-33/h2-23,35H,24H2,1H3,(H,39,43)(H,40,44)(H,41,42)/b32-21+. The lowest BCUT2D eigenvalue weighted by Gasteiger charge is -2.18. The van der Waals surface area contributed by atoms with Gasteiger partial charge >= 0.3 is 0 Å². The maximum Gasteiger partial charge on any atom is 0.272 e. The fraction of sp³-hybridized carbons (Fsp3) is 0.0789. The molecule has 0 aromatic heterocycles. The summed E-state index contributed by atoms with van der Waals surface area (Å²) >= 11 is 1.34. The summed E-state index contributed by atoms with van der Waals surface area (Å²) in [4.78, 5) is 41.1. The van der Waals surface area contributed by atoms with Crippen molar-refractivity contribution in [2.24, 2.45) is 0 Å². The van der Waals surface area contributed by atoms with Gasteiger partial charge in [-0.3, -0.25) is 14.4 Å². The van der Waals surface area contributed by atoms with Crippen molar-refractivity contribution in [1.82, 2.24) is 5.32 Å². The molecule has 0 saturated heterocycles. The molecule has 1 atom stereocenters. The highest BCUT2D eigenvalue weighted by Crippen LogP contribution is 2.39. The van der Waals surface area contributed by atoms with Crippen molar-refractivity contribution in [1.29, 1.82) is 0 Å². The normalized spacial score (nSPS) is 12.5. The van der Waals surface area contributed by atoms with Gasteiger partial charge in [0, 0.05) is 27.9 Å². The maximum atomic E-state index is 13.7. The van der Waals surface area contributed by atoms with Crippen LogP contribution in [0.1, 0.15) is 26.7 Å². The molecule has 5 aromatic rings. The van der Waals surface area contributed by atoms with Gasteiger partial charge in [-0.25, -0.2) is 0 Å². The summed E-state index contributed by atoms with van der Waals surface area (Å²) in [6.45, 7) is 0.139. The quantitative estimate of drug-likeness (QED) is 0.101. The van der Waals surface area contributed by atoms with Crippen LogP contribution in [0.5, 0.6) is 17.2 Å². The summed E-state index contributed by atoms with van der Waals surface area (Å²) in [5, 5.41) is 8.04. The van der Waals surface area contributed by atoms with Gasteiger partial charge in [-0.15, -0.1) is 11.8 Å². The molecule has 9 nitrogen and oxygen atoms in total. The van der Waals surface area contributed by atoms with Crippen molar-refractivity contribution >= 4 is 46.9 Å². The van der Waals surface area contributed by atoms with E-state index in [-0.39, 0.29) is 18.4 Å². The molecule has 0 fully saturated rings. The van der Waals surface area contributed by atoms with Gasteiger partial charge in [0.2, 0.25) is 12.7 Å². The Bertz CT molecular complexity index is 1950. The van der Waals surface area contributed by atoms with E-state index in [9.17, 15) is 14.4 Å². The van der Waals surface area contributed by atoms with Crippen molar-refractivity contribution in [3.63, 3.8) is 0 Å². The molecule has 1 heterocycles. The first-order valence-electron chi connectivity index (χ1n) is 15.0. The fourth-order valence-corrected chi connectivity index (χ4v) is 5.96. The zero-order valence-electron chi connectivity index (χ0n) is 25.8. The Kier molecular flexibility index (Phi) is 10.0. The van der Waals surface area contributed by atoms with Crippen LogP contribution in [0.15, 0.2) is 138 Å². The van der Waals surface area contributed by atoms with E-state index in [1.807, 2.05) is 42.5 Å². The van der Waals surface area contributed by atoms with Crippen molar-refractivity contribution in [3.8, 4) is 17.2 Å². The number of anilines is 2. The molecule has 10 heteroatoms. The topological polar surface area (TPSA) is 115 Å². The van der Waals surface area contributed by atoms with Crippen LogP contribution in [0, 0.1) is 0 Å². The van der Waals surface area contributed by atoms with Crippen molar-refractivity contribution < 1.29 is 28.6 Å². The highest BCUT2D eigenvalue weighted by Gasteiger charge is 2.24. The van der Waals surface area contributed by atoms with Crippen molar-refractivity contribution in [2.45, 2.75) is 10.1 Å². The molecule has 0 saturated carbocycles. The van der Waals surface area contributed by atoms with Crippen LogP contribution in [0.2, 0.25) is 0 Å². The number of hydrogen-bond acceptors (Lipinski definition) is 7. The van der Waals surface area contributed by atoms with Crippen LogP contribution < -0.4 is 30.2 Å². The summed E-state index contributed by atoms with van der Waals surface area (Å²) in [6, 6.07) is 37.7. The molecule has 1 aliphatic heterocycles. The van der Waals surface area contributed by atoms with E-state index >= 15 is 0 Å². The van der Waals surface area contributed by atoms with Crippen molar-refractivity contribution in [3.05, 3.63) is 150 Å². The fourth-order valence-electron chi connectivity index (χ4n) is 4.87. The third kappa shape index (κ3) is 8.04. The number of thioether (sulfide) groups is 1. The van der Waals surface area contributed by atoms with Gasteiger partial charge in [0.1, 0.15) is 16.7 Å². The molecule has 240 valence electrons. The number of nitrogens with one attached hydrogen (secondary N) is 3. The molecule has 0 radical (unpaired) electrons. The van der Waals surface area contributed by atoms with Gasteiger partial charge in [0.05, 0.1) is 7.11 Å². The number of carbonyl (C=O) groups excluding carboxylic acids is 3. The van der Waals surface area contributed by atoms with E-state index in [1.54, 1.807) is 98.1 Å². The Morgan fingerprint density at radius 2 is 1.46 bits per heavy atom. The lowest BCUT2D eigenvalue weighted by atomic mass is 10.1. The number of rotatable bonds is 11. The van der Waals surface area contributed by atoms with Crippen LogP contribution >= 0.6 is 11.8 Å². The number of methoxy groups -OCH3 is 1. The highest BCUT2D eigenvalue weighted by molar-refractivity contribution is 8.00. The third-order valence-electron chi connectivity index (χ3n) is 7.28. The molecule has 48 heavy (non-hydrogen) atoms. The monoisotopic (exact) mass is 657 g/mol. The number of ether oxygens (including phenoxy) is 3. The third-order valence-corrected chi connectivity index (χ3v) is 8.53. The van der Waals surface area contributed by atoms with Gasteiger partial charge in [0.25, 0.3) is 11.8 Å². The average molecular weight is 658 g/mol. The van der Waals surface area contributed by atoms with Gasteiger partial charge in [-0.1, -0.05) is 66.7 Å². The van der Waals surface area contributed by atoms with Crippen LogP contribution in [0.4, 0.5) is 11.4 Å². The second-order valence-electron chi connectivity index (χ2n) is 10.6. The largest absolute Gasteiger partial charge is 0.497 e. The molecule has 5 aromatic carbocycles. The molecular formula is C38H31N3O6S. The second kappa shape index (κ2) is 15.1. The predicted molar refractivity (Wildman–Crippen MR) is 186 cm³/mol. The molecule has 0 bridgehead atoms. The zero-order chi connectivity index (χ0) is 33.3. The van der Waals surface area contributed by atoms with E-state index < -0.39 is 17.1 Å². The smallest absolute Gasteiger partial charge is 0.272 e. The van der Waals surface area contributed by atoms with E-state index in [4.69, 9.17) is 14.2 Å². The maximum absolute atomic E-state index is 13.7. The summed E-state index contributed by atoms with van der Waals surface area (Å²) < 4.78 is 16.1. The van der Waals surface area contributed by atoms with Crippen LogP contribution in [-0.2, 0) is 9.59 Å². The first kappa shape index (κ1) is 32.0. The molecule has 1 unspecified atom stereocenters. The molecule has 0 aliphatic carbocycles. The Morgan fingerprint density at radius 1 is 0.750 bits per heavy atom. The minimum Gasteiger partial charge on any atom is -0.497 e. The second-order valence-corrected chi connectivity index (χ2v) is 11.8. The Morgan fingerprint density at radius 3 is 2.21 bits per heavy atom. The van der Waals surface area contributed by atoms with E-state index in [2.05, 4.69) is 16.0 Å². The Hall–Kier alpha value is -6.00. The zero-order valence-corrected chi connectivity index (χ0v) is 26.7. The number of benzene rings is 5.